The van der Waals surface area contributed by atoms with Crippen LogP contribution in [0, 0.1) is 5.92 Å². The van der Waals surface area contributed by atoms with E-state index in [1.165, 1.54) is 0 Å². The second-order valence-electron chi connectivity index (χ2n) is 2.98. The summed E-state index contributed by atoms with van der Waals surface area (Å²) in [4.78, 5) is 0. The highest BCUT2D eigenvalue weighted by molar-refractivity contribution is 5.85. The van der Waals surface area contributed by atoms with Crippen molar-refractivity contribution in [2.45, 2.75) is 12.5 Å². The van der Waals surface area contributed by atoms with Crippen LogP contribution in [0.5, 0.6) is 0 Å². The second-order valence-corrected chi connectivity index (χ2v) is 2.98. The Labute approximate surface area is 80.2 Å². The van der Waals surface area contributed by atoms with Gasteiger partial charge >= 0.3 is 0 Å². The maximum Gasteiger partial charge on any atom is 0.0645 e. The van der Waals surface area contributed by atoms with Crippen molar-refractivity contribution < 1.29 is 9.47 Å². The highest BCUT2D eigenvalue weighted by Crippen LogP contribution is 2.14. The molecule has 0 bridgehead atoms. The molecule has 0 amide bonds. The van der Waals surface area contributed by atoms with Crippen LogP contribution in [-0.2, 0) is 9.47 Å². The number of ether oxygens (including phenoxy) is 2. The molecule has 0 aromatic carbocycles. The zero-order valence-corrected chi connectivity index (χ0v) is 8.52. The SMILES string of the molecule is COCC1CNCCC1OC.Cl. The molecule has 0 saturated carbocycles. The summed E-state index contributed by atoms with van der Waals surface area (Å²) in [5.41, 5.74) is 0. The summed E-state index contributed by atoms with van der Waals surface area (Å²) in [5.74, 6) is 0.527. The van der Waals surface area contributed by atoms with Gasteiger partial charge in [0.25, 0.3) is 0 Å². The number of halogens is 1. The van der Waals surface area contributed by atoms with Crippen molar-refractivity contribution in [2.24, 2.45) is 5.92 Å². The van der Waals surface area contributed by atoms with E-state index in [0.717, 1.165) is 26.1 Å². The van der Waals surface area contributed by atoms with Crippen molar-refractivity contribution in [2.75, 3.05) is 33.9 Å². The molecule has 1 aliphatic heterocycles. The van der Waals surface area contributed by atoms with E-state index in [0.29, 0.717) is 12.0 Å². The number of nitrogens with one attached hydrogen (secondary N) is 1. The predicted molar refractivity (Wildman–Crippen MR) is 50.9 cm³/mol. The van der Waals surface area contributed by atoms with Gasteiger partial charge in [0.1, 0.15) is 0 Å². The molecule has 0 radical (unpaired) electrons. The van der Waals surface area contributed by atoms with Gasteiger partial charge in [-0.25, -0.2) is 0 Å². The van der Waals surface area contributed by atoms with Crippen molar-refractivity contribution >= 4 is 12.4 Å². The average molecular weight is 196 g/mol. The summed E-state index contributed by atoms with van der Waals surface area (Å²) in [6.45, 7) is 2.89. The number of methoxy groups -OCH3 is 2. The minimum Gasteiger partial charge on any atom is -0.384 e. The first-order valence-corrected chi connectivity index (χ1v) is 4.11. The molecule has 2 unspecified atom stereocenters. The van der Waals surface area contributed by atoms with Crippen LogP contribution in [0.4, 0.5) is 0 Å². The zero-order valence-electron chi connectivity index (χ0n) is 7.71. The van der Waals surface area contributed by atoms with Gasteiger partial charge in [-0.15, -0.1) is 12.4 Å². The van der Waals surface area contributed by atoms with Crippen LogP contribution in [0.2, 0.25) is 0 Å². The molecule has 0 aromatic heterocycles. The van der Waals surface area contributed by atoms with Crippen molar-refractivity contribution in [1.82, 2.24) is 5.32 Å². The van der Waals surface area contributed by atoms with Crippen molar-refractivity contribution in [3.8, 4) is 0 Å². The standard InChI is InChI=1S/C8H17NO2.ClH/c1-10-6-7-5-9-4-3-8(7)11-2;/h7-9H,3-6H2,1-2H3;1H. The average Bonchev–Trinajstić information content (AvgIpc) is 2.06. The van der Waals surface area contributed by atoms with Gasteiger partial charge < -0.3 is 14.8 Å². The van der Waals surface area contributed by atoms with Crippen molar-refractivity contribution in [3.05, 3.63) is 0 Å². The molecule has 2 atom stereocenters. The van der Waals surface area contributed by atoms with Crippen molar-refractivity contribution in [3.63, 3.8) is 0 Å². The van der Waals surface area contributed by atoms with E-state index < -0.39 is 0 Å². The molecular formula is C8H18ClNO2. The van der Waals surface area contributed by atoms with Crippen LogP contribution in [0.3, 0.4) is 0 Å². The van der Waals surface area contributed by atoms with Gasteiger partial charge in [-0.05, 0) is 13.0 Å². The van der Waals surface area contributed by atoms with Crippen molar-refractivity contribution in [1.29, 1.82) is 0 Å². The minimum atomic E-state index is 0. The fourth-order valence-electron chi connectivity index (χ4n) is 1.59. The van der Waals surface area contributed by atoms with Gasteiger partial charge in [0, 0.05) is 26.7 Å². The lowest BCUT2D eigenvalue weighted by Crippen LogP contribution is -2.42. The third-order valence-electron chi connectivity index (χ3n) is 2.22. The first-order valence-electron chi connectivity index (χ1n) is 4.11. The maximum absolute atomic E-state index is 5.34. The number of hydrogen-bond acceptors (Lipinski definition) is 3. The molecule has 1 saturated heterocycles. The third-order valence-corrected chi connectivity index (χ3v) is 2.22. The minimum absolute atomic E-state index is 0. The van der Waals surface area contributed by atoms with Crippen LogP contribution in [0.25, 0.3) is 0 Å². The Morgan fingerprint density at radius 2 is 2.17 bits per heavy atom. The Hall–Kier alpha value is 0.170. The Balaban J connectivity index is 0.00000121. The molecule has 1 aliphatic rings. The Morgan fingerprint density at radius 3 is 2.75 bits per heavy atom. The van der Waals surface area contributed by atoms with E-state index in [9.17, 15) is 0 Å². The number of rotatable bonds is 3. The molecule has 12 heavy (non-hydrogen) atoms. The molecule has 1 heterocycles. The molecule has 3 nitrogen and oxygen atoms in total. The monoisotopic (exact) mass is 195 g/mol. The van der Waals surface area contributed by atoms with E-state index in [2.05, 4.69) is 5.32 Å². The highest BCUT2D eigenvalue weighted by Gasteiger charge is 2.23. The lowest BCUT2D eigenvalue weighted by molar-refractivity contribution is -0.00252. The van der Waals surface area contributed by atoms with E-state index >= 15 is 0 Å². The molecule has 74 valence electrons. The lowest BCUT2D eigenvalue weighted by atomic mass is 9.97. The summed E-state index contributed by atoms with van der Waals surface area (Å²) in [7, 11) is 3.51. The molecular weight excluding hydrogens is 178 g/mol. The van der Waals surface area contributed by atoms with Gasteiger partial charge in [-0.2, -0.15) is 0 Å². The number of piperidine rings is 1. The summed E-state index contributed by atoms with van der Waals surface area (Å²) in [5, 5.41) is 3.32. The summed E-state index contributed by atoms with van der Waals surface area (Å²) < 4.78 is 10.4. The Bertz CT molecular complexity index is 111. The highest BCUT2D eigenvalue weighted by atomic mass is 35.5. The largest absolute Gasteiger partial charge is 0.384 e. The molecule has 0 aliphatic carbocycles. The zero-order chi connectivity index (χ0) is 8.10. The third kappa shape index (κ3) is 3.27. The summed E-state index contributed by atoms with van der Waals surface area (Å²) >= 11 is 0. The van der Waals surface area contributed by atoms with E-state index in [4.69, 9.17) is 9.47 Å². The first-order chi connectivity index (χ1) is 5.38. The Kier molecular flexibility index (Phi) is 6.76. The topological polar surface area (TPSA) is 30.5 Å². The van der Waals surface area contributed by atoms with Gasteiger partial charge in [-0.3, -0.25) is 0 Å². The quantitative estimate of drug-likeness (QED) is 0.719. The van der Waals surface area contributed by atoms with Crippen LogP contribution in [-0.4, -0.2) is 40.0 Å². The van der Waals surface area contributed by atoms with Gasteiger partial charge in [0.2, 0.25) is 0 Å². The molecule has 1 fully saturated rings. The van der Waals surface area contributed by atoms with E-state index in [1.807, 2.05) is 0 Å². The fourth-order valence-corrected chi connectivity index (χ4v) is 1.59. The van der Waals surface area contributed by atoms with Crippen LogP contribution in [0.1, 0.15) is 6.42 Å². The van der Waals surface area contributed by atoms with Gasteiger partial charge in [0.05, 0.1) is 12.7 Å². The molecule has 1 rings (SSSR count). The predicted octanol–water partition coefficient (Wildman–Crippen LogP) is 0.679. The van der Waals surface area contributed by atoms with Crippen LogP contribution < -0.4 is 5.32 Å². The molecule has 1 N–H and O–H groups in total. The van der Waals surface area contributed by atoms with E-state index in [-0.39, 0.29) is 12.4 Å². The fraction of sp³-hybridized carbons (Fsp3) is 1.00. The normalized spacial score (nSPS) is 29.5. The maximum atomic E-state index is 5.34. The summed E-state index contributed by atoms with van der Waals surface area (Å²) in [6.07, 6.45) is 1.49. The van der Waals surface area contributed by atoms with E-state index in [1.54, 1.807) is 14.2 Å². The van der Waals surface area contributed by atoms with Gasteiger partial charge in [0.15, 0.2) is 0 Å². The van der Waals surface area contributed by atoms with Crippen LogP contribution in [0.15, 0.2) is 0 Å². The molecule has 0 spiro atoms. The smallest absolute Gasteiger partial charge is 0.0645 e. The first kappa shape index (κ1) is 12.2. The Morgan fingerprint density at radius 1 is 1.42 bits per heavy atom. The van der Waals surface area contributed by atoms with Crippen LogP contribution >= 0.6 is 12.4 Å². The molecule has 4 heteroatoms. The number of hydrogen-bond donors (Lipinski definition) is 1. The van der Waals surface area contributed by atoms with Gasteiger partial charge in [-0.1, -0.05) is 0 Å². The second kappa shape index (κ2) is 6.66. The summed E-state index contributed by atoms with van der Waals surface area (Å²) in [6, 6.07) is 0. The lowest BCUT2D eigenvalue weighted by Gasteiger charge is -2.30. The molecule has 0 aromatic rings.